The van der Waals surface area contributed by atoms with Crippen LogP contribution in [0.2, 0.25) is 0 Å². The van der Waals surface area contributed by atoms with Gasteiger partial charge in [0.2, 0.25) is 11.8 Å². The molecule has 2 aromatic rings. The molecule has 2 amide bonds. The largest absolute Gasteiger partial charge is 0.494 e. The summed E-state index contributed by atoms with van der Waals surface area (Å²) in [4.78, 5) is 25.2. The van der Waals surface area contributed by atoms with Gasteiger partial charge in [0, 0.05) is 22.7 Å². The van der Waals surface area contributed by atoms with Crippen LogP contribution in [0, 0.1) is 5.41 Å². The molecule has 0 spiro atoms. The van der Waals surface area contributed by atoms with Crippen LogP contribution in [0.1, 0.15) is 34.1 Å². The predicted octanol–water partition coefficient (Wildman–Crippen LogP) is 5.19. The maximum absolute atomic E-state index is 12.2. The van der Waals surface area contributed by atoms with E-state index in [0.29, 0.717) is 13.0 Å². The first-order valence-electron chi connectivity index (χ1n) is 9.30. The first-order valence-corrected chi connectivity index (χ1v) is 10.3. The molecular formula is C22H28N2O3S. The van der Waals surface area contributed by atoms with E-state index in [-0.39, 0.29) is 23.0 Å². The molecule has 0 aliphatic carbocycles. The van der Waals surface area contributed by atoms with Gasteiger partial charge in [-0.05, 0) is 54.8 Å². The van der Waals surface area contributed by atoms with Gasteiger partial charge in [-0.25, -0.2) is 0 Å². The van der Waals surface area contributed by atoms with Gasteiger partial charge in [0.25, 0.3) is 0 Å². The van der Waals surface area contributed by atoms with E-state index in [0.717, 1.165) is 22.0 Å². The topological polar surface area (TPSA) is 67.4 Å². The molecule has 0 aliphatic rings. The Labute approximate surface area is 171 Å². The van der Waals surface area contributed by atoms with Crippen molar-refractivity contribution in [3.63, 3.8) is 0 Å². The van der Waals surface area contributed by atoms with Gasteiger partial charge in [-0.3, -0.25) is 9.59 Å². The molecule has 28 heavy (non-hydrogen) atoms. The fourth-order valence-electron chi connectivity index (χ4n) is 2.50. The number of nitrogens with one attached hydrogen (secondary N) is 2. The Morgan fingerprint density at radius 1 is 0.964 bits per heavy atom. The molecule has 0 fully saturated rings. The Bertz CT molecular complexity index is 798. The van der Waals surface area contributed by atoms with Crippen molar-refractivity contribution in [1.29, 1.82) is 0 Å². The summed E-state index contributed by atoms with van der Waals surface area (Å²) in [5.41, 5.74) is 1.42. The van der Waals surface area contributed by atoms with Crippen LogP contribution >= 0.6 is 11.8 Å². The number of hydrogen-bond donors (Lipinski definition) is 2. The van der Waals surface area contributed by atoms with E-state index < -0.39 is 0 Å². The highest BCUT2D eigenvalue weighted by Gasteiger charge is 2.16. The molecule has 0 saturated heterocycles. The second-order valence-electron chi connectivity index (χ2n) is 7.61. The number of hydrogen-bond acceptors (Lipinski definition) is 4. The average molecular weight is 401 g/mol. The normalized spacial score (nSPS) is 11.0. The van der Waals surface area contributed by atoms with Crippen molar-refractivity contribution in [2.24, 2.45) is 5.41 Å². The van der Waals surface area contributed by atoms with E-state index in [1.165, 1.54) is 11.8 Å². The van der Waals surface area contributed by atoms with Crippen molar-refractivity contribution in [3.8, 4) is 5.75 Å². The molecule has 0 saturated carbocycles. The summed E-state index contributed by atoms with van der Waals surface area (Å²) in [5, 5.41) is 5.79. The zero-order valence-corrected chi connectivity index (χ0v) is 17.7. The summed E-state index contributed by atoms with van der Waals surface area (Å²) in [7, 11) is 0. The lowest BCUT2D eigenvalue weighted by Gasteiger charge is -2.17. The maximum atomic E-state index is 12.2. The molecule has 0 unspecified atom stereocenters. The third-order valence-corrected chi connectivity index (χ3v) is 4.62. The summed E-state index contributed by atoms with van der Waals surface area (Å²) in [6, 6.07) is 14.8. The summed E-state index contributed by atoms with van der Waals surface area (Å²) in [5.74, 6) is 0.964. The molecule has 0 heterocycles. The van der Waals surface area contributed by atoms with Gasteiger partial charge in [0.15, 0.2) is 0 Å². The Balaban J connectivity index is 1.85. The Hall–Kier alpha value is -2.47. The minimum atomic E-state index is -0.0867. The Morgan fingerprint density at radius 3 is 2.29 bits per heavy atom. The highest BCUT2D eigenvalue weighted by molar-refractivity contribution is 8.00. The van der Waals surface area contributed by atoms with Crippen LogP contribution < -0.4 is 15.4 Å². The second-order valence-corrected chi connectivity index (χ2v) is 8.66. The van der Waals surface area contributed by atoms with Crippen LogP contribution in [0.3, 0.4) is 0 Å². The lowest BCUT2D eigenvalue weighted by molar-refractivity contribution is -0.118. The van der Waals surface area contributed by atoms with Gasteiger partial charge in [-0.2, -0.15) is 0 Å². The van der Waals surface area contributed by atoms with E-state index in [1.54, 1.807) is 0 Å². The fourth-order valence-corrected chi connectivity index (χ4v) is 3.25. The van der Waals surface area contributed by atoms with E-state index in [1.807, 2.05) is 76.2 Å². The van der Waals surface area contributed by atoms with Gasteiger partial charge in [0.05, 0.1) is 12.4 Å². The molecule has 0 radical (unpaired) electrons. The monoisotopic (exact) mass is 400 g/mol. The van der Waals surface area contributed by atoms with Crippen molar-refractivity contribution < 1.29 is 14.3 Å². The zero-order valence-electron chi connectivity index (χ0n) is 16.9. The van der Waals surface area contributed by atoms with E-state index >= 15 is 0 Å². The predicted molar refractivity (Wildman–Crippen MR) is 116 cm³/mol. The molecule has 0 atom stereocenters. The molecule has 2 aromatic carbocycles. The van der Waals surface area contributed by atoms with Gasteiger partial charge in [0.1, 0.15) is 5.75 Å². The first-order chi connectivity index (χ1) is 13.2. The minimum Gasteiger partial charge on any atom is -0.494 e. The quantitative estimate of drug-likeness (QED) is 0.598. The van der Waals surface area contributed by atoms with Crippen LogP contribution in [0.4, 0.5) is 11.4 Å². The smallest absolute Gasteiger partial charge is 0.234 e. The van der Waals surface area contributed by atoms with Crippen LogP contribution in [0.15, 0.2) is 53.4 Å². The van der Waals surface area contributed by atoms with Gasteiger partial charge in [-0.15, -0.1) is 11.8 Å². The van der Waals surface area contributed by atoms with Gasteiger partial charge < -0.3 is 15.4 Å². The van der Waals surface area contributed by atoms with Gasteiger partial charge >= 0.3 is 0 Å². The third-order valence-electron chi connectivity index (χ3n) is 3.63. The number of carbonyl (C=O) groups is 2. The number of benzene rings is 2. The lowest BCUT2D eigenvalue weighted by atomic mass is 9.92. The highest BCUT2D eigenvalue weighted by atomic mass is 32.2. The Morgan fingerprint density at radius 2 is 1.64 bits per heavy atom. The van der Waals surface area contributed by atoms with Crippen molar-refractivity contribution in [2.45, 2.75) is 39.0 Å². The van der Waals surface area contributed by atoms with Crippen LogP contribution in [0.5, 0.6) is 5.75 Å². The maximum Gasteiger partial charge on any atom is 0.234 e. The zero-order chi connectivity index (χ0) is 20.6. The third kappa shape index (κ3) is 8.05. The van der Waals surface area contributed by atoms with Crippen molar-refractivity contribution >= 4 is 35.0 Å². The summed E-state index contributed by atoms with van der Waals surface area (Å²) in [6.45, 7) is 8.63. The molecule has 5 nitrogen and oxygen atoms in total. The first kappa shape index (κ1) is 21.8. The molecule has 150 valence electrons. The van der Waals surface area contributed by atoms with E-state index in [9.17, 15) is 9.59 Å². The summed E-state index contributed by atoms with van der Waals surface area (Å²) in [6.07, 6.45) is 0.453. The number of carbonyl (C=O) groups excluding carboxylic acids is 2. The van der Waals surface area contributed by atoms with Crippen LogP contribution in [-0.2, 0) is 9.59 Å². The number of rotatable bonds is 8. The van der Waals surface area contributed by atoms with Gasteiger partial charge in [-0.1, -0.05) is 26.8 Å². The number of ether oxygens (including phenoxy) is 1. The van der Waals surface area contributed by atoms with Crippen molar-refractivity contribution in [2.75, 3.05) is 23.0 Å². The fraction of sp³-hybridized carbons (Fsp3) is 0.364. The van der Waals surface area contributed by atoms with Crippen LogP contribution in [0.25, 0.3) is 0 Å². The van der Waals surface area contributed by atoms with Crippen molar-refractivity contribution in [1.82, 2.24) is 0 Å². The molecular weight excluding hydrogens is 372 g/mol. The molecule has 2 rings (SSSR count). The average Bonchev–Trinajstić information content (AvgIpc) is 2.60. The minimum absolute atomic E-state index is 0.0112. The molecule has 0 aromatic heterocycles. The number of anilines is 2. The van der Waals surface area contributed by atoms with Crippen LogP contribution in [-0.4, -0.2) is 24.2 Å². The number of amides is 2. The summed E-state index contributed by atoms with van der Waals surface area (Å²) >= 11 is 1.43. The molecule has 6 heteroatoms. The van der Waals surface area contributed by atoms with E-state index in [2.05, 4.69) is 10.6 Å². The second kappa shape index (κ2) is 10.2. The molecule has 0 aliphatic heterocycles. The summed E-state index contributed by atoms with van der Waals surface area (Å²) < 4.78 is 5.39. The Kier molecular flexibility index (Phi) is 7.93. The molecule has 2 N–H and O–H groups in total. The van der Waals surface area contributed by atoms with Crippen molar-refractivity contribution in [3.05, 3.63) is 48.5 Å². The molecule has 0 bridgehead atoms. The standard InChI is InChI=1S/C22H28N2O3S/c1-5-27-18-11-9-16(10-12-18)23-21(26)15-28-19-8-6-7-17(13-19)24-20(25)14-22(2,3)4/h6-13H,5,14-15H2,1-4H3,(H,23,26)(H,24,25). The number of thioether (sulfide) groups is 1. The highest BCUT2D eigenvalue weighted by Crippen LogP contribution is 2.24. The van der Waals surface area contributed by atoms with E-state index in [4.69, 9.17) is 4.74 Å². The SMILES string of the molecule is CCOc1ccc(NC(=O)CSc2cccc(NC(=O)CC(C)(C)C)c2)cc1. The lowest BCUT2D eigenvalue weighted by Crippen LogP contribution is -2.19.